The summed E-state index contributed by atoms with van der Waals surface area (Å²) in [5.74, 6) is 1.66. The zero-order chi connectivity index (χ0) is 15.8. The van der Waals surface area contributed by atoms with Gasteiger partial charge in [-0.1, -0.05) is 6.07 Å². The lowest BCUT2D eigenvalue weighted by Gasteiger charge is -2.35. The highest BCUT2D eigenvalue weighted by atomic mass is 32.1. The predicted molar refractivity (Wildman–Crippen MR) is 96.8 cm³/mol. The van der Waals surface area contributed by atoms with E-state index in [1.54, 1.807) is 0 Å². The van der Waals surface area contributed by atoms with Gasteiger partial charge in [-0.25, -0.2) is 0 Å². The first-order valence-corrected chi connectivity index (χ1v) is 9.28. The van der Waals surface area contributed by atoms with E-state index < -0.39 is 0 Å². The van der Waals surface area contributed by atoms with Gasteiger partial charge in [-0.05, 0) is 57.0 Å². The zero-order valence-corrected chi connectivity index (χ0v) is 15.0. The number of piperidine rings is 1. The first-order valence-electron chi connectivity index (χ1n) is 8.40. The molecule has 2 N–H and O–H groups in total. The van der Waals surface area contributed by atoms with E-state index in [-0.39, 0.29) is 0 Å². The predicted octanol–water partition coefficient (Wildman–Crippen LogP) is 2.58. The Kier molecular flexibility index (Phi) is 7.19. The Morgan fingerprint density at radius 3 is 3.00 bits per heavy atom. The summed E-state index contributed by atoms with van der Waals surface area (Å²) in [7, 11) is 1.85. The molecule has 2 heterocycles. The van der Waals surface area contributed by atoms with E-state index in [9.17, 15) is 0 Å². The molecule has 1 aromatic rings. The highest BCUT2D eigenvalue weighted by Crippen LogP contribution is 2.17. The summed E-state index contributed by atoms with van der Waals surface area (Å²) < 4.78 is 0. The van der Waals surface area contributed by atoms with E-state index in [2.05, 4.69) is 51.9 Å². The number of hydrogen-bond donors (Lipinski definition) is 2. The second-order valence-corrected chi connectivity index (χ2v) is 7.34. The average Bonchev–Trinajstić information content (AvgIpc) is 3.04. The van der Waals surface area contributed by atoms with Gasteiger partial charge in [0.1, 0.15) is 0 Å². The summed E-state index contributed by atoms with van der Waals surface area (Å²) in [4.78, 5) is 8.34. The van der Waals surface area contributed by atoms with Crippen LogP contribution in [0.25, 0.3) is 0 Å². The lowest BCUT2D eigenvalue weighted by atomic mass is 9.97. The van der Waals surface area contributed by atoms with Crippen LogP contribution in [-0.4, -0.2) is 50.1 Å². The number of hydrogen-bond acceptors (Lipinski definition) is 3. The third-order valence-corrected chi connectivity index (χ3v) is 5.24. The molecule has 1 aromatic heterocycles. The number of aliphatic imine (C=N–C) groups is 1. The van der Waals surface area contributed by atoms with Gasteiger partial charge < -0.3 is 15.5 Å². The number of rotatable bonds is 6. The monoisotopic (exact) mass is 322 g/mol. The molecule has 1 fully saturated rings. The fourth-order valence-corrected chi connectivity index (χ4v) is 3.66. The molecule has 0 amide bonds. The average molecular weight is 323 g/mol. The first-order chi connectivity index (χ1) is 10.7. The van der Waals surface area contributed by atoms with E-state index in [4.69, 9.17) is 0 Å². The van der Waals surface area contributed by atoms with Crippen molar-refractivity contribution < 1.29 is 0 Å². The van der Waals surface area contributed by atoms with Crippen molar-refractivity contribution in [2.75, 3.05) is 33.2 Å². The van der Waals surface area contributed by atoms with Crippen molar-refractivity contribution in [1.29, 1.82) is 0 Å². The minimum Gasteiger partial charge on any atom is -0.356 e. The zero-order valence-electron chi connectivity index (χ0n) is 14.1. The van der Waals surface area contributed by atoms with Crippen LogP contribution in [0.4, 0.5) is 0 Å². The van der Waals surface area contributed by atoms with E-state index in [1.165, 1.54) is 30.8 Å². The minimum atomic E-state index is 0.658. The fourth-order valence-electron chi connectivity index (χ4n) is 2.95. The van der Waals surface area contributed by atoms with Crippen molar-refractivity contribution >= 4 is 17.3 Å². The van der Waals surface area contributed by atoms with Gasteiger partial charge in [-0.2, -0.15) is 0 Å². The maximum absolute atomic E-state index is 4.33. The molecular weight excluding hydrogens is 292 g/mol. The van der Waals surface area contributed by atoms with Crippen molar-refractivity contribution in [3.63, 3.8) is 0 Å². The van der Waals surface area contributed by atoms with E-state index in [1.807, 2.05) is 18.4 Å². The molecule has 0 aromatic carbocycles. The van der Waals surface area contributed by atoms with Crippen LogP contribution in [0.15, 0.2) is 22.5 Å². The van der Waals surface area contributed by atoms with Crippen molar-refractivity contribution in [2.24, 2.45) is 10.9 Å². The van der Waals surface area contributed by atoms with Crippen LogP contribution in [0.2, 0.25) is 0 Å². The topological polar surface area (TPSA) is 39.7 Å². The van der Waals surface area contributed by atoms with E-state index in [0.29, 0.717) is 6.04 Å². The van der Waals surface area contributed by atoms with Crippen LogP contribution in [0.5, 0.6) is 0 Å². The van der Waals surface area contributed by atoms with Gasteiger partial charge in [-0.15, -0.1) is 11.3 Å². The minimum absolute atomic E-state index is 0.658. The summed E-state index contributed by atoms with van der Waals surface area (Å²) in [5.41, 5.74) is 0. The number of nitrogens with one attached hydrogen (secondary N) is 2. The number of likely N-dealkylation sites (tertiary alicyclic amines) is 1. The molecule has 1 atom stereocenters. The molecule has 0 aliphatic carbocycles. The van der Waals surface area contributed by atoms with Crippen molar-refractivity contribution in [2.45, 2.75) is 39.2 Å². The summed E-state index contributed by atoms with van der Waals surface area (Å²) in [6, 6.07) is 4.95. The standard InChI is InChI=1S/C17H30N4S/c1-14(2)21-10-4-6-15(13-21)12-20-17(18-3)19-9-8-16-7-5-11-22-16/h5,7,11,14-15H,4,6,8-10,12-13H2,1-3H3,(H2,18,19,20). The lowest BCUT2D eigenvalue weighted by molar-refractivity contribution is 0.141. The molecular formula is C17H30N4S. The molecule has 1 aliphatic rings. The Balaban J connectivity index is 1.67. The van der Waals surface area contributed by atoms with Gasteiger partial charge in [0.05, 0.1) is 0 Å². The molecule has 1 saturated heterocycles. The van der Waals surface area contributed by atoms with Crippen LogP contribution in [0.1, 0.15) is 31.6 Å². The van der Waals surface area contributed by atoms with Gasteiger partial charge in [0.25, 0.3) is 0 Å². The lowest BCUT2D eigenvalue weighted by Crippen LogP contribution is -2.46. The molecule has 0 bridgehead atoms. The Morgan fingerprint density at radius 2 is 2.32 bits per heavy atom. The van der Waals surface area contributed by atoms with Crippen LogP contribution in [-0.2, 0) is 6.42 Å². The number of thiophene rings is 1. The summed E-state index contributed by atoms with van der Waals surface area (Å²) in [6.45, 7) is 8.99. The summed E-state index contributed by atoms with van der Waals surface area (Å²) >= 11 is 1.82. The maximum Gasteiger partial charge on any atom is 0.190 e. The van der Waals surface area contributed by atoms with E-state index >= 15 is 0 Å². The Bertz CT molecular complexity index is 442. The van der Waals surface area contributed by atoms with Crippen LogP contribution in [0, 0.1) is 5.92 Å². The highest BCUT2D eigenvalue weighted by Gasteiger charge is 2.21. The Labute approximate surface area is 139 Å². The molecule has 5 heteroatoms. The molecule has 1 unspecified atom stereocenters. The molecule has 1 aliphatic heterocycles. The molecule has 22 heavy (non-hydrogen) atoms. The normalized spacial score (nSPS) is 20.4. The summed E-state index contributed by atoms with van der Waals surface area (Å²) in [5, 5.41) is 9.04. The van der Waals surface area contributed by atoms with Gasteiger partial charge in [0, 0.05) is 37.6 Å². The second kappa shape index (κ2) is 9.16. The van der Waals surface area contributed by atoms with Gasteiger partial charge in [0.2, 0.25) is 0 Å². The molecule has 2 rings (SSSR count). The Hall–Kier alpha value is -1.07. The van der Waals surface area contributed by atoms with Crippen LogP contribution in [0.3, 0.4) is 0 Å². The van der Waals surface area contributed by atoms with Gasteiger partial charge >= 0.3 is 0 Å². The van der Waals surface area contributed by atoms with E-state index in [0.717, 1.165) is 31.4 Å². The van der Waals surface area contributed by atoms with Crippen LogP contribution >= 0.6 is 11.3 Å². The maximum atomic E-state index is 4.33. The van der Waals surface area contributed by atoms with Crippen molar-refractivity contribution in [3.8, 4) is 0 Å². The fraction of sp³-hybridized carbons (Fsp3) is 0.706. The number of guanidine groups is 1. The molecule has 124 valence electrons. The smallest absolute Gasteiger partial charge is 0.190 e. The highest BCUT2D eigenvalue weighted by molar-refractivity contribution is 7.09. The SMILES string of the molecule is CN=C(NCCc1cccs1)NCC1CCCN(C(C)C)C1. The Morgan fingerprint density at radius 1 is 1.45 bits per heavy atom. The molecule has 0 saturated carbocycles. The molecule has 4 nitrogen and oxygen atoms in total. The first kappa shape index (κ1) is 17.3. The molecule has 0 radical (unpaired) electrons. The third-order valence-electron chi connectivity index (χ3n) is 4.31. The van der Waals surface area contributed by atoms with Crippen molar-refractivity contribution in [3.05, 3.63) is 22.4 Å². The number of nitrogens with zero attached hydrogens (tertiary/aromatic N) is 2. The van der Waals surface area contributed by atoms with Crippen LogP contribution < -0.4 is 10.6 Å². The second-order valence-electron chi connectivity index (χ2n) is 6.31. The quantitative estimate of drug-likeness (QED) is 0.625. The largest absolute Gasteiger partial charge is 0.356 e. The molecule has 0 spiro atoms. The van der Waals surface area contributed by atoms with Gasteiger partial charge in [-0.3, -0.25) is 4.99 Å². The van der Waals surface area contributed by atoms with Crippen molar-refractivity contribution in [1.82, 2.24) is 15.5 Å². The van der Waals surface area contributed by atoms with Gasteiger partial charge in [0.15, 0.2) is 5.96 Å². The third kappa shape index (κ3) is 5.61. The summed E-state index contributed by atoms with van der Waals surface area (Å²) in [6.07, 6.45) is 3.69.